The molecule has 2 atom stereocenters. The SMILES string of the molecule is CCC(C)N1CC(c2ccc(C=O)s2)CCCC1=O. The van der Waals surface area contributed by atoms with E-state index in [0.717, 1.165) is 37.0 Å². The van der Waals surface area contributed by atoms with Crippen LogP contribution in [0, 0.1) is 0 Å². The highest BCUT2D eigenvalue weighted by Crippen LogP contribution is 2.32. The summed E-state index contributed by atoms with van der Waals surface area (Å²) >= 11 is 1.57. The number of likely N-dealkylation sites (tertiary alicyclic amines) is 1. The fourth-order valence-corrected chi connectivity index (χ4v) is 3.55. The zero-order valence-corrected chi connectivity index (χ0v) is 12.4. The summed E-state index contributed by atoms with van der Waals surface area (Å²) in [4.78, 5) is 27.0. The van der Waals surface area contributed by atoms with Gasteiger partial charge in [0.25, 0.3) is 0 Å². The van der Waals surface area contributed by atoms with Crippen molar-refractivity contribution in [2.24, 2.45) is 0 Å². The Labute approximate surface area is 118 Å². The highest BCUT2D eigenvalue weighted by atomic mass is 32.1. The Kier molecular flexibility index (Phi) is 4.75. The van der Waals surface area contributed by atoms with Crippen molar-refractivity contribution >= 4 is 23.5 Å². The first-order valence-electron chi connectivity index (χ1n) is 7.00. The zero-order valence-electron chi connectivity index (χ0n) is 11.6. The van der Waals surface area contributed by atoms with Gasteiger partial charge in [-0.2, -0.15) is 0 Å². The van der Waals surface area contributed by atoms with Crippen molar-refractivity contribution in [1.82, 2.24) is 4.90 Å². The van der Waals surface area contributed by atoms with Gasteiger partial charge >= 0.3 is 0 Å². The molecule has 0 radical (unpaired) electrons. The number of hydrogen-bond donors (Lipinski definition) is 0. The van der Waals surface area contributed by atoms with Gasteiger partial charge in [0.1, 0.15) is 0 Å². The van der Waals surface area contributed by atoms with E-state index in [-0.39, 0.29) is 5.91 Å². The van der Waals surface area contributed by atoms with Crippen molar-refractivity contribution in [3.05, 3.63) is 21.9 Å². The van der Waals surface area contributed by atoms with Crippen LogP contribution < -0.4 is 0 Å². The molecule has 2 unspecified atom stereocenters. The van der Waals surface area contributed by atoms with E-state index in [1.807, 2.05) is 17.0 Å². The van der Waals surface area contributed by atoms with E-state index in [0.29, 0.717) is 18.4 Å². The van der Waals surface area contributed by atoms with Crippen molar-refractivity contribution in [1.29, 1.82) is 0 Å². The number of amides is 1. The molecule has 0 bridgehead atoms. The fourth-order valence-electron chi connectivity index (χ4n) is 2.60. The maximum atomic E-state index is 12.1. The summed E-state index contributed by atoms with van der Waals surface area (Å²) in [7, 11) is 0. The molecule has 4 heteroatoms. The first-order valence-corrected chi connectivity index (χ1v) is 7.81. The van der Waals surface area contributed by atoms with Crippen LogP contribution in [0.5, 0.6) is 0 Å². The van der Waals surface area contributed by atoms with Gasteiger partial charge in [-0.15, -0.1) is 11.3 Å². The van der Waals surface area contributed by atoms with Gasteiger partial charge in [0.2, 0.25) is 5.91 Å². The van der Waals surface area contributed by atoms with E-state index < -0.39 is 0 Å². The number of hydrogen-bond acceptors (Lipinski definition) is 3. The van der Waals surface area contributed by atoms with E-state index in [9.17, 15) is 9.59 Å². The Morgan fingerprint density at radius 2 is 2.32 bits per heavy atom. The lowest BCUT2D eigenvalue weighted by molar-refractivity contribution is -0.132. The Hall–Kier alpha value is -1.16. The minimum absolute atomic E-state index is 0.281. The molecule has 1 fully saturated rings. The van der Waals surface area contributed by atoms with Crippen LogP contribution >= 0.6 is 11.3 Å². The largest absolute Gasteiger partial charge is 0.339 e. The Bertz CT molecular complexity index is 455. The number of rotatable bonds is 4. The third-order valence-electron chi connectivity index (χ3n) is 3.97. The molecule has 2 heterocycles. The van der Waals surface area contributed by atoms with Crippen molar-refractivity contribution in [3.63, 3.8) is 0 Å². The van der Waals surface area contributed by atoms with Crippen molar-refractivity contribution in [2.75, 3.05) is 6.54 Å². The summed E-state index contributed by atoms with van der Waals surface area (Å²) < 4.78 is 0. The lowest BCUT2D eigenvalue weighted by Crippen LogP contribution is -2.39. The van der Waals surface area contributed by atoms with Crippen molar-refractivity contribution < 1.29 is 9.59 Å². The lowest BCUT2D eigenvalue weighted by atomic mass is 10.0. The lowest BCUT2D eigenvalue weighted by Gasteiger charge is -2.29. The average Bonchev–Trinajstić information content (AvgIpc) is 2.82. The molecular weight excluding hydrogens is 258 g/mol. The Balaban J connectivity index is 2.16. The van der Waals surface area contributed by atoms with Crippen LogP contribution in [-0.4, -0.2) is 29.7 Å². The molecule has 1 aromatic heterocycles. The van der Waals surface area contributed by atoms with Crippen LogP contribution in [0.2, 0.25) is 0 Å². The van der Waals surface area contributed by atoms with E-state index in [1.54, 1.807) is 11.3 Å². The summed E-state index contributed by atoms with van der Waals surface area (Å²) in [6, 6.07) is 4.23. The minimum Gasteiger partial charge on any atom is -0.339 e. The fraction of sp³-hybridized carbons (Fsp3) is 0.600. The predicted molar refractivity (Wildman–Crippen MR) is 77.8 cm³/mol. The van der Waals surface area contributed by atoms with Crippen molar-refractivity contribution in [3.8, 4) is 0 Å². The van der Waals surface area contributed by atoms with Crippen LogP contribution in [0.15, 0.2) is 12.1 Å². The second-order valence-corrected chi connectivity index (χ2v) is 6.40. The number of carbonyl (C=O) groups is 2. The molecule has 1 aromatic rings. The molecule has 1 amide bonds. The van der Waals surface area contributed by atoms with E-state index in [4.69, 9.17) is 0 Å². The second kappa shape index (κ2) is 6.33. The molecule has 2 rings (SSSR count). The van der Waals surface area contributed by atoms with Crippen molar-refractivity contribution in [2.45, 2.75) is 51.5 Å². The summed E-state index contributed by atoms with van der Waals surface area (Å²) in [5, 5.41) is 0. The molecule has 1 aliphatic rings. The van der Waals surface area contributed by atoms with Gasteiger partial charge in [0.15, 0.2) is 6.29 Å². The van der Waals surface area contributed by atoms with Gasteiger partial charge in [-0.1, -0.05) is 6.92 Å². The predicted octanol–water partition coefficient (Wildman–Crippen LogP) is 3.46. The van der Waals surface area contributed by atoms with Crippen LogP contribution in [-0.2, 0) is 4.79 Å². The standard InChI is InChI=1S/C15H21NO2S/c1-3-11(2)16-9-12(5-4-6-15(16)18)14-8-7-13(10-17)19-14/h7-8,10-12H,3-6,9H2,1-2H3. The van der Waals surface area contributed by atoms with E-state index in [1.165, 1.54) is 4.88 Å². The number of nitrogens with zero attached hydrogens (tertiary/aromatic N) is 1. The normalized spacial score (nSPS) is 22.1. The van der Waals surface area contributed by atoms with Crippen LogP contribution in [0.4, 0.5) is 0 Å². The molecule has 0 aromatic carbocycles. The van der Waals surface area contributed by atoms with Gasteiger partial charge < -0.3 is 4.90 Å². The molecule has 0 saturated carbocycles. The highest BCUT2D eigenvalue weighted by molar-refractivity contribution is 7.13. The zero-order chi connectivity index (χ0) is 13.8. The van der Waals surface area contributed by atoms with Crippen LogP contribution in [0.3, 0.4) is 0 Å². The summed E-state index contributed by atoms with van der Waals surface area (Å²) in [6.45, 7) is 5.03. The molecular formula is C15H21NO2S. The first-order chi connectivity index (χ1) is 9.15. The Morgan fingerprint density at radius 3 is 2.95 bits per heavy atom. The molecule has 19 heavy (non-hydrogen) atoms. The topological polar surface area (TPSA) is 37.4 Å². The Morgan fingerprint density at radius 1 is 1.53 bits per heavy atom. The molecule has 1 saturated heterocycles. The molecule has 0 spiro atoms. The van der Waals surface area contributed by atoms with Crippen LogP contribution in [0.25, 0.3) is 0 Å². The number of carbonyl (C=O) groups excluding carboxylic acids is 2. The summed E-state index contributed by atoms with van der Waals surface area (Å²) in [6.07, 6.45) is 4.54. The van der Waals surface area contributed by atoms with Gasteiger partial charge in [-0.05, 0) is 38.3 Å². The molecule has 0 aliphatic carbocycles. The van der Waals surface area contributed by atoms with Gasteiger partial charge in [0, 0.05) is 29.8 Å². The minimum atomic E-state index is 0.281. The second-order valence-electron chi connectivity index (χ2n) is 5.25. The highest BCUT2D eigenvalue weighted by Gasteiger charge is 2.27. The molecule has 3 nitrogen and oxygen atoms in total. The van der Waals surface area contributed by atoms with Gasteiger partial charge in [-0.25, -0.2) is 0 Å². The first kappa shape index (κ1) is 14.3. The molecule has 0 N–H and O–H groups in total. The molecule has 104 valence electrons. The molecule has 1 aliphatic heterocycles. The quantitative estimate of drug-likeness (QED) is 0.792. The van der Waals surface area contributed by atoms with Gasteiger partial charge in [-0.3, -0.25) is 9.59 Å². The third-order valence-corrected chi connectivity index (χ3v) is 5.14. The monoisotopic (exact) mass is 279 g/mol. The third kappa shape index (κ3) is 3.24. The van der Waals surface area contributed by atoms with E-state index in [2.05, 4.69) is 13.8 Å². The summed E-state index contributed by atoms with van der Waals surface area (Å²) in [5.41, 5.74) is 0. The summed E-state index contributed by atoms with van der Waals surface area (Å²) in [5.74, 6) is 0.670. The van der Waals surface area contributed by atoms with E-state index >= 15 is 0 Å². The smallest absolute Gasteiger partial charge is 0.222 e. The number of thiophene rings is 1. The number of aldehydes is 1. The van der Waals surface area contributed by atoms with Gasteiger partial charge in [0.05, 0.1) is 4.88 Å². The average molecular weight is 279 g/mol. The van der Waals surface area contributed by atoms with Crippen LogP contribution in [0.1, 0.15) is 60.0 Å². The maximum absolute atomic E-state index is 12.1. The maximum Gasteiger partial charge on any atom is 0.222 e.